The molecule has 0 aliphatic heterocycles. The van der Waals surface area contributed by atoms with Gasteiger partial charge in [0, 0.05) is 57.2 Å². The number of aromatic nitrogens is 4. The number of fused-ring (bicyclic) bond motifs is 8. The zero-order chi connectivity index (χ0) is 38.8. The molecule has 8 aromatic rings. The summed E-state index contributed by atoms with van der Waals surface area (Å²) >= 11 is 0. The summed E-state index contributed by atoms with van der Waals surface area (Å²) in [5, 5.41) is 10.7. The van der Waals surface area contributed by atoms with Crippen LogP contribution in [-0.2, 0) is 0 Å². The summed E-state index contributed by atoms with van der Waals surface area (Å²) in [4.78, 5) is 44.3. The zero-order valence-corrected chi connectivity index (χ0v) is 32.2. The first kappa shape index (κ1) is 36.4. The summed E-state index contributed by atoms with van der Waals surface area (Å²) in [6, 6.07) is 36.2. The van der Waals surface area contributed by atoms with Gasteiger partial charge in [0.1, 0.15) is 0 Å². The average Bonchev–Trinajstić information content (AvgIpc) is 3.73. The fraction of sp³-hybridized carbons (Fsp3) is 0.208. The fourth-order valence-electron chi connectivity index (χ4n) is 7.58. The number of hydrogen-bond donors (Lipinski definition) is 2. The van der Waals surface area contributed by atoms with E-state index in [0.29, 0.717) is 24.2 Å². The minimum absolute atomic E-state index is 0.0574. The minimum atomic E-state index is -0.0574. The van der Waals surface area contributed by atoms with Crippen molar-refractivity contribution in [1.29, 1.82) is 0 Å². The first-order valence-electron chi connectivity index (χ1n) is 19.8. The molecule has 10 rings (SSSR count). The standard InChI is InChI=1S/2C23H19N3O.C2H6/c2*1-2-3-12-24-23(27)15-10-11-18-19(13-15)26-22-17-9-5-7-14-6-4-8-16(20(14)17)21(22)25-18;1-2/h2*4-11,13H,2-3,12H2,1H3,(H,24,27);1-2H3. The lowest BCUT2D eigenvalue weighted by Crippen LogP contribution is -2.24. The maximum absolute atomic E-state index is 12.4. The second-order valence-corrected chi connectivity index (χ2v) is 13.9. The average molecular weight is 737 g/mol. The Balaban J connectivity index is 0.000000151. The van der Waals surface area contributed by atoms with Gasteiger partial charge in [0.15, 0.2) is 0 Å². The molecular formula is C48H44N6O2. The third kappa shape index (κ3) is 6.51. The molecule has 0 bridgehead atoms. The quantitative estimate of drug-likeness (QED) is 0.150. The van der Waals surface area contributed by atoms with E-state index in [1.54, 1.807) is 0 Å². The summed E-state index contributed by atoms with van der Waals surface area (Å²) in [5.41, 5.74) is 12.5. The smallest absolute Gasteiger partial charge is 0.251 e. The lowest BCUT2D eigenvalue weighted by Gasteiger charge is -2.07. The second kappa shape index (κ2) is 15.7. The summed E-state index contributed by atoms with van der Waals surface area (Å²) in [6.07, 6.45) is 4.08. The van der Waals surface area contributed by atoms with Gasteiger partial charge in [-0.1, -0.05) is 113 Å². The van der Waals surface area contributed by atoms with Crippen molar-refractivity contribution >= 4 is 55.4 Å². The molecule has 8 heteroatoms. The van der Waals surface area contributed by atoms with Gasteiger partial charge >= 0.3 is 0 Å². The highest BCUT2D eigenvalue weighted by molar-refractivity contribution is 6.15. The van der Waals surface area contributed by atoms with Crippen LogP contribution in [0.15, 0.2) is 109 Å². The van der Waals surface area contributed by atoms with Gasteiger partial charge in [-0.05, 0) is 60.0 Å². The number of nitrogens with one attached hydrogen (secondary N) is 2. The minimum Gasteiger partial charge on any atom is -0.352 e. The van der Waals surface area contributed by atoms with E-state index in [0.717, 1.165) is 92.8 Å². The first-order chi connectivity index (χ1) is 27.5. The molecule has 2 aromatic heterocycles. The molecule has 2 heterocycles. The molecule has 2 amide bonds. The number of benzene rings is 6. The Labute approximate surface area is 326 Å². The number of rotatable bonds is 8. The maximum Gasteiger partial charge on any atom is 0.251 e. The van der Waals surface area contributed by atoms with Crippen molar-refractivity contribution in [1.82, 2.24) is 30.6 Å². The van der Waals surface area contributed by atoms with Crippen LogP contribution in [0.25, 0.3) is 88.6 Å². The number of nitrogens with zero attached hydrogens (tertiary/aromatic N) is 4. The summed E-state index contributed by atoms with van der Waals surface area (Å²) in [5.74, 6) is -0.115. The van der Waals surface area contributed by atoms with Crippen LogP contribution >= 0.6 is 0 Å². The van der Waals surface area contributed by atoms with Gasteiger partial charge in [-0.2, -0.15) is 0 Å². The lowest BCUT2D eigenvalue weighted by molar-refractivity contribution is 0.0945. The number of unbranched alkanes of at least 4 members (excludes halogenated alkanes) is 2. The van der Waals surface area contributed by atoms with Gasteiger partial charge in [-0.15, -0.1) is 0 Å². The van der Waals surface area contributed by atoms with Crippen LogP contribution in [0.3, 0.4) is 0 Å². The predicted molar refractivity (Wildman–Crippen MR) is 229 cm³/mol. The number of carbonyl (C=O) groups is 2. The number of carbonyl (C=O) groups excluding carboxylic acids is 2. The molecular weight excluding hydrogens is 693 g/mol. The molecule has 56 heavy (non-hydrogen) atoms. The van der Waals surface area contributed by atoms with Crippen LogP contribution in [0.5, 0.6) is 0 Å². The van der Waals surface area contributed by atoms with Gasteiger partial charge in [0.25, 0.3) is 11.8 Å². The normalized spacial score (nSPS) is 11.4. The Morgan fingerprint density at radius 3 is 1.14 bits per heavy atom. The predicted octanol–water partition coefficient (Wildman–Crippen LogP) is 10.9. The third-order valence-electron chi connectivity index (χ3n) is 10.3. The molecule has 0 saturated carbocycles. The van der Waals surface area contributed by atoms with Crippen molar-refractivity contribution in [2.24, 2.45) is 0 Å². The highest BCUT2D eigenvalue weighted by Crippen LogP contribution is 2.46. The molecule has 0 spiro atoms. The van der Waals surface area contributed by atoms with E-state index in [9.17, 15) is 9.59 Å². The Hall–Kier alpha value is -6.54. The Bertz CT molecular complexity index is 2610. The van der Waals surface area contributed by atoms with E-state index < -0.39 is 0 Å². The molecule has 8 nitrogen and oxygen atoms in total. The Morgan fingerprint density at radius 2 is 0.804 bits per heavy atom. The van der Waals surface area contributed by atoms with E-state index in [4.69, 9.17) is 19.9 Å². The molecule has 0 unspecified atom stereocenters. The van der Waals surface area contributed by atoms with E-state index in [1.807, 2.05) is 50.2 Å². The molecule has 2 aliphatic rings. The fourth-order valence-corrected chi connectivity index (χ4v) is 7.58. The summed E-state index contributed by atoms with van der Waals surface area (Å²) in [6.45, 7) is 9.61. The van der Waals surface area contributed by atoms with Gasteiger partial charge in [-0.25, -0.2) is 19.9 Å². The van der Waals surface area contributed by atoms with E-state index >= 15 is 0 Å². The molecule has 0 saturated heterocycles. The Kier molecular flexibility index (Phi) is 10.2. The van der Waals surface area contributed by atoms with Gasteiger partial charge < -0.3 is 10.6 Å². The Morgan fingerprint density at radius 1 is 0.464 bits per heavy atom. The summed E-state index contributed by atoms with van der Waals surface area (Å²) in [7, 11) is 0. The van der Waals surface area contributed by atoms with Crippen LogP contribution in [0.4, 0.5) is 0 Å². The number of hydrogen-bond acceptors (Lipinski definition) is 6. The number of amides is 2. The zero-order valence-electron chi connectivity index (χ0n) is 32.2. The molecule has 0 radical (unpaired) electrons. The van der Waals surface area contributed by atoms with Crippen molar-refractivity contribution in [2.45, 2.75) is 53.4 Å². The van der Waals surface area contributed by atoms with Crippen molar-refractivity contribution in [3.63, 3.8) is 0 Å². The van der Waals surface area contributed by atoms with Gasteiger partial charge in [0.2, 0.25) is 0 Å². The van der Waals surface area contributed by atoms with Crippen molar-refractivity contribution < 1.29 is 9.59 Å². The van der Waals surface area contributed by atoms with Crippen LogP contribution in [0.2, 0.25) is 0 Å². The topological polar surface area (TPSA) is 110 Å². The van der Waals surface area contributed by atoms with Gasteiger partial charge in [-0.3, -0.25) is 9.59 Å². The van der Waals surface area contributed by atoms with Crippen molar-refractivity contribution in [2.75, 3.05) is 13.1 Å². The monoisotopic (exact) mass is 736 g/mol. The highest BCUT2D eigenvalue weighted by atomic mass is 16.2. The first-order valence-corrected chi connectivity index (χ1v) is 19.8. The largest absolute Gasteiger partial charge is 0.352 e. The lowest BCUT2D eigenvalue weighted by atomic mass is 10.0. The molecule has 2 N–H and O–H groups in total. The second-order valence-electron chi connectivity index (χ2n) is 13.9. The van der Waals surface area contributed by atoms with E-state index in [-0.39, 0.29) is 11.8 Å². The van der Waals surface area contributed by atoms with Crippen LogP contribution in [0, 0.1) is 0 Å². The van der Waals surface area contributed by atoms with Crippen LogP contribution in [0.1, 0.15) is 74.1 Å². The van der Waals surface area contributed by atoms with E-state index in [1.165, 1.54) is 21.5 Å². The molecule has 2 aliphatic carbocycles. The van der Waals surface area contributed by atoms with E-state index in [2.05, 4.69) is 97.3 Å². The SMILES string of the molecule is CC.CCCCNC(=O)c1ccc2nc3c(nc2c1)-c1cccc2cccc-3c12.CCCCNC(=O)c1ccc2nc3c(nc2c1)-c1cccc2cccc-3c12. The maximum atomic E-state index is 12.4. The van der Waals surface area contributed by atoms with Gasteiger partial charge in [0.05, 0.1) is 44.8 Å². The highest BCUT2D eigenvalue weighted by Gasteiger charge is 2.26. The summed E-state index contributed by atoms with van der Waals surface area (Å²) < 4.78 is 0. The van der Waals surface area contributed by atoms with Crippen LogP contribution in [-0.4, -0.2) is 44.8 Å². The molecule has 278 valence electrons. The third-order valence-corrected chi connectivity index (χ3v) is 10.3. The van der Waals surface area contributed by atoms with Crippen molar-refractivity contribution in [3.8, 4) is 45.0 Å². The molecule has 0 fully saturated rings. The molecule has 0 atom stereocenters. The van der Waals surface area contributed by atoms with Crippen LogP contribution < -0.4 is 10.6 Å². The van der Waals surface area contributed by atoms with Crippen molar-refractivity contribution in [3.05, 3.63) is 120 Å². The molecule has 6 aromatic carbocycles.